The fourth-order valence-corrected chi connectivity index (χ4v) is 4.68. The molecule has 0 saturated heterocycles. The number of hydrogen-bond acceptors (Lipinski definition) is 3. The van der Waals surface area contributed by atoms with Crippen LogP contribution in [0.1, 0.15) is 51.2 Å². The first-order valence-electron chi connectivity index (χ1n) is 7.74. The van der Waals surface area contributed by atoms with E-state index in [1.54, 1.807) is 7.11 Å². The number of aromatic hydroxyl groups is 1. The maximum Gasteiger partial charge on any atom is 0.160 e. The number of carbonyl (C=O) groups excluding carboxylic acids is 1. The molecule has 0 unspecified atom stereocenters. The van der Waals surface area contributed by atoms with Gasteiger partial charge in [-0.3, -0.25) is 4.79 Å². The SMILES string of the molecule is COc1cc2c(cc1O)CC[C@H]1C(C)(C)C(=O)CC[C@]21C. The third kappa shape index (κ3) is 1.90. The Morgan fingerprint density at radius 1 is 1.24 bits per heavy atom. The Morgan fingerprint density at radius 3 is 2.62 bits per heavy atom. The van der Waals surface area contributed by atoms with Crippen molar-refractivity contribution in [2.45, 2.75) is 51.9 Å². The molecule has 2 aliphatic carbocycles. The molecule has 0 radical (unpaired) electrons. The molecule has 0 aliphatic heterocycles. The van der Waals surface area contributed by atoms with Crippen LogP contribution in [0.4, 0.5) is 0 Å². The first-order chi connectivity index (χ1) is 9.80. The van der Waals surface area contributed by atoms with Gasteiger partial charge in [-0.25, -0.2) is 0 Å². The number of hydrogen-bond donors (Lipinski definition) is 1. The zero-order chi connectivity index (χ0) is 15.4. The lowest BCUT2D eigenvalue weighted by molar-refractivity contribution is -0.137. The van der Waals surface area contributed by atoms with Crippen LogP contribution in [0.25, 0.3) is 0 Å². The topological polar surface area (TPSA) is 46.5 Å². The minimum Gasteiger partial charge on any atom is -0.504 e. The van der Waals surface area contributed by atoms with E-state index in [0.29, 0.717) is 23.9 Å². The van der Waals surface area contributed by atoms with Crippen molar-refractivity contribution in [1.82, 2.24) is 0 Å². The number of methoxy groups -OCH3 is 1. The molecule has 0 heterocycles. The van der Waals surface area contributed by atoms with Crippen LogP contribution in [0.2, 0.25) is 0 Å². The van der Waals surface area contributed by atoms with E-state index in [1.165, 1.54) is 11.1 Å². The molecule has 1 fully saturated rings. The molecule has 1 N–H and O–H groups in total. The van der Waals surface area contributed by atoms with Gasteiger partial charge < -0.3 is 9.84 Å². The predicted octanol–water partition coefficient (Wildman–Crippen LogP) is 3.61. The summed E-state index contributed by atoms with van der Waals surface area (Å²) in [5.74, 6) is 1.49. The van der Waals surface area contributed by atoms with Gasteiger partial charge in [0.25, 0.3) is 0 Å². The molecule has 1 aromatic rings. The molecule has 3 rings (SSSR count). The van der Waals surface area contributed by atoms with E-state index in [4.69, 9.17) is 4.74 Å². The maximum absolute atomic E-state index is 12.3. The Bertz CT molecular complexity index is 603. The average Bonchev–Trinajstić information content (AvgIpc) is 2.43. The van der Waals surface area contributed by atoms with Crippen LogP contribution in [-0.2, 0) is 16.6 Å². The smallest absolute Gasteiger partial charge is 0.160 e. The fraction of sp³-hybridized carbons (Fsp3) is 0.611. The van der Waals surface area contributed by atoms with Gasteiger partial charge in [0.1, 0.15) is 5.78 Å². The van der Waals surface area contributed by atoms with Gasteiger partial charge in [-0.1, -0.05) is 20.8 Å². The van der Waals surface area contributed by atoms with Crippen LogP contribution >= 0.6 is 0 Å². The second-order valence-electron chi connectivity index (χ2n) is 7.33. The zero-order valence-electron chi connectivity index (χ0n) is 13.3. The Kier molecular flexibility index (Phi) is 3.09. The molecule has 3 heteroatoms. The molecule has 1 saturated carbocycles. The first kappa shape index (κ1) is 14.4. The van der Waals surface area contributed by atoms with Gasteiger partial charge in [-0.2, -0.15) is 0 Å². The van der Waals surface area contributed by atoms with Crippen LogP contribution in [0, 0.1) is 11.3 Å². The summed E-state index contributed by atoms with van der Waals surface area (Å²) >= 11 is 0. The molecule has 0 aromatic heterocycles. The summed E-state index contributed by atoms with van der Waals surface area (Å²) in [4.78, 5) is 12.3. The number of phenols is 1. The highest BCUT2D eigenvalue weighted by atomic mass is 16.5. The number of benzene rings is 1. The van der Waals surface area contributed by atoms with E-state index in [0.717, 1.165) is 19.3 Å². The minimum atomic E-state index is -0.268. The summed E-state index contributed by atoms with van der Waals surface area (Å²) in [6.07, 6.45) is 3.46. The van der Waals surface area contributed by atoms with Crippen molar-refractivity contribution in [3.05, 3.63) is 23.3 Å². The van der Waals surface area contributed by atoms with Crippen molar-refractivity contribution in [2.24, 2.45) is 11.3 Å². The van der Waals surface area contributed by atoms with Gasteiger partial charge in [0.15, 0.2) is 11.5 Å². The van der Waals surface area contributed by atoms with Gasteiger partial charge in [0, 0.05) is 11.8 Å². The number of ether oxygens (including phenoxy) is 1. The quantitative estimate of drug-likeness (QED) is 0.858. The monoisotopic (exact) mass is 288 g/mol. The van der Waals surface area contributed by atoms with Crippen LogP contribution in [-0.4, -0.2) is 18.0 Å². The van der Waals surface area contributed by atoms with Gasteiger partial charge >= 0.3 is 0 Å². The van der Waals surface area contributed by atoms with Crippen molar-refractivity contribution in [3.8, 4) is 11.5 Å². The third-order valence-electron chi connectivity index (χ3n) is 5.95. The standard InChI is InChI=1S/C18H24O3/c1-17(2)15-6-5-11-9-13(19)14(21-4)10-12(11)18(15,3)8-7-16(17)20/h9-10,15,19H,5-8H2,1-4H3/t15-,18+/m0/s1. The van der Waals surface area contributed by atoms with Gasteiger partial charge in [0.2, 0.25) is 0 Å². The van der Waals surface area contributed by atoms with Crippen molar-refractivity contribution in [2.75, 3.05) is 7.11 Å². The lowest BCUT2D eigenvalue weighted by Crippen LogP contribution is -2.52. The number of phenolic OH excluding ortho intramolecular Hbond substituents is 1. The molecular formula is C18H24O3. The number of rotatable bonds is 1. The highest BCUT2D eigenvalue weighted by Crippen LogP contribution is 2.56. The van der Waals surface area contributed by atoms with E-state index in [2.05, 4.69) is 20.8 Å². The normalized spacial score (nSPS) is 30.5. The van der Waals surface area contributed by atoms with Crippen molar-refractivity contribution < 1.29 is 14.6 Å². The average molecular weight is 288 g/mol. The molecule has 3 nitrogen and oxygen atoms in total. The molecule has 2 atom stereocenters. The summed E-state index contributed by atoms with van der Waals surface area (Å²) in [7, 11) is 1.58. The second kappa shape index (κ2) is 4.49. The summed E-state index contributed by atoms with van der Waals surface area (Å²) in [6.45, 7) is 6.47. The highest BCUT2D eigenvalue weighted by molar-refractivity contribution is 5.86. The van der Waals surface area contributed by atoms with Crippen LogP contribution in [0.5, 0.6) is 11.5 Å². The lowest BCUT2D eigenvalue weighted by atomic mass is 9.50. The van der Waals surface area contributed by atoms with Crippen molar-refractivity contribution in [3.63, 3.8) is 0 Å². The van der Waals surface area contributed by atoms with E-state index in [-0.39, 0.29) is 16.6 Å². The summed E-state index contributed by atoms with van der Waals surface area (Å²) in [6, 6.07) is 3.84. The summed E-state index contributed by atoms with van der Waals surface area (Å²) < 4.78 is 5.29. The van der Waals surface area contributed by atoms with Gasteiger partial charge in [-0.05, 0) is 53.9 Å². The fourth-order valence-electron chi connectivity index (χ4n) is 4.68. The molecule has 0 bridgehead atoms. The number of Topliss-reactive ketones (excluding diaryl/α,β-unsaturated/α-hetero) is 1. The predicted molar refractivity (Wildman–Crippen MR) is 81.8 cm³/mol. The molecular weight excluding hydrogens is 264 g/mol. The molecule has 21 heavy (non-hydrogen) atoms. The molecule has 0 amide bonds. The lowest BCUT2D eigenvalue weighted by Gasteiger charge is -2.53. The first-order valence-corrected chi connectivity index (χ1v) is 7.74. The number of carbonyl (C=O) groups is 1. The molecule has 0 spiro atoms. The highest BCUT2D eigenvalue weighted by Gasteiger charge is 2.53. The Balaban J connectivity index is 2.15. The number of fused-ring (bicyclic) bond motifs is 3. The number of ketones is 1. The van der Waals surface area contributed by atoms with E-state index < -0.39 is 0 Å². The number of aryl methyl sites for hydroxylation is 1. The van der Waals surface area contributed by atoms with Crippen LogP contribution in [0.3, 0.4) is 0 Å². The molecule has 114 valence electrons. The van der Waals surface area contributed by atoms with Crippen molar-refractivity contribution >= 4 is 5.78 Å². The Labute approximate surface area is 126 Å². The minimum absolute atomic E-state index is 0.00796. The largest absolute Gasteiger partial charge is 0.504 e. The van der Waals surface area contributed by atoms with Gasteiger partial charge in [0.05, 0.1) is 7.11 Å². The second-order valence-corrected chi connectivity index (χ2v) is 7.33. The maximum atomic E-state index is 12.3. The summed E-state index contributed by atoms with van der Waals surface area (Å²) in [5.41, 5.74) is 2.19. The summed E-state index contributed by atoms with van der Waals surface area (Å²) in [5, 5.41) is 10.0. The van der Waals surface area contributed by atoms with Crippen LogP contribution < -0.4 is 4.74 Å². The van der Waals surface area contributed by atoms with Gasteiger partial charge in [-0.15, -0.1) is 0 Å². The molecule has 2 aliphatic rings. The Hall–Kier alpha value is -1.51. The van der Waals surface area contributed by atoms with E-state index in [1.807, 2.05) is 12.1 Å². The van der Waals surface area contributed by atoms with E-state index in [9.17, 15) is 9.90 Å². The van der Waals surface area contributed by atoms with Crippen molar-refractivity contribution in [1.29, 1.82) is 0 Å². The Morgan fingerprint density at radius 2 is 1.95 bits per heavy atom. The molecule has 1 aromatic carbocycles. The zero-order valence-corrected chi connectivity index (χ0v) is 13.3. The van der Waals surface area contributed by atoms with E-state index >= 15 is 0 Å². The third-order valence-corrected chi connectivity index (χ3v) is 5.95. The van der Waals surface area contributed by atoms with Crippen LogP contribution in [0.15, 0.2) is 12.1 Å².